The first-order valence-electron chi connectivity index (χ1n) is 10.7. The topological polar surface area (TPSA) is 79.5 Å². The van der Waals surface area contributed by atoms with Crippen LogP contribution in [0.15, 0.2) is 60.7 Å². The van der Waals surface area contributed by atoms with Gasteiger partial charge in [-0.15, -0.1) is 0 Å². The Morgan fingerprint density at radius 3 is 2.51 bits per heavy atom. The average molecular weight is 504 g/mol. The molecule has 0 fully saturated rings. The number of benzene rings is 3. The van der Waals surface area contributed by atoms with Crippen molar-refractivity contribution in [3.63, 3.8) is 0 Å². The molecule has 1 aliphatic rings. The molecule has 4 rings (SSSR count). The van der Waals surface area contributed by atoms with E-state index < -0.39 is 34.8 Å². The minimum absolute atomic E-state index is 0.213. The molecule has 10 heteroatoms. The highest BCUT2D eigenvalue weighted by Gasteiger charge is 2.45. The fourth-order valence-electron chi connectivity index (χ4n) is 3.74. The van der Waals surface area contributed by atoms with E-state index in [0.29, 0.717) is 22.0 Å². The zero-order valence-corrected chi connectivity index (χ0v) is 19.5. The van der Waals surface area contributed by atoms with Gasteiger partial charge < -0.3 is 20.7 Å². The fraction of sp³-hybridized carbons (Fsp3) is 0.200. The Hall–Kier alpha value is -3.72. The summed E-state index contributed by atoms with van der Waals surface area (Å²) in [7, 11) is 0. The monoisotopic (exact) mass is 503 g/mol. The summed E-state index contributed by atoms with van der Waals surface area (Å²) in [5, 5.41) is 8.86. The molecule has 0 aliphatic carbocycles. The number of carbonyl (C=O) groups excluding carboxylic acids is 2. The smallest absolute Gasteiger partial charge is 0.417 e. The third-order valence-electron chi connectivity index (χ3n) is 5.72. The van der Waals surface area contributed by atoms with Gasteiger partial charge in [0.05, 0.1) is 16.8 Å². The molecule has 1 unspecified atom stereocenters. The zero-order valence-electron chi connectivity index (χ0n) is 18.7. The molecule has 0 radical (unpaired) electrons. The first kappa shape index (κ1) is 24.4. The number of hydrogen-bond donors (Lipinski definition) is 3. The number of hydrogen-bond acceptors (Lipinski definition) is 4. The van der Waals surface area contributed by atoms with Gasteiger partial charge in [-0.25, -0.2) is 0 Å². The molecule has 1 heterocycles. The summed E-state index contributed by atoms with van der Waals surface area (Å²) in [4.78, 5) is 25.8. The van der Waals surface area contributed by atoms with Crippen LogP contribution >= 0.6 is 11.6 Å². The van der Waals surface area contributed by atoms with E-state index in [1.54, 1.807) is 38.1 Å². The van der Waals surface area contributed by atoms with Crippen LogP contribution in [0, 0.1) is 6.92 Å². The van der Waals surface area contributed by atoms with Crippen molar-refractivity contribution in [3.8, 4) is 5.75 Å². The van der Waals surface area contributed by atoms with Gasteiger partial charge in [0, 0.05) is 28.9 Å². The largest absolute Gasteiger partial charge is 0.456 e. The standard InChI is InChI=1S/C25H21ClF3N3O3/c1-3-24(23(34)31-19-10-6-9-18(26)14(19)2)32-20-12-11-15(13-21(20)35-24)30-22(33)16-7-4-5-8-17(16)25(27,28)29/h4-13,32H,3H2,1-2H3,(H,30,33)(H,31,34). The second-order valence-corrected chi connectivity index (χ2v) is 8.39. The number of ether oxygens (including phenoxy) is 1. The van der Waals surface area contributed by atoms with Crippen LogP contribution in [0.25, 0.3) is 0 Å². The second kappa shape index (κ2) is 9.14. The van der Waals surface area contributed by atoms with Crippen LogP contribution in [-0.4, -0.2) is 17.5 Å². The number of halogens is 4. The number of fused-ring (bicyclic) bond motifs is 1. The molecular formula is C25H21ClF3N3O3. The maximum absolute atomic E-state index is 13.3. The van der Waals surface area contributed by atoms with Crippen molar-refractivity contribution < 1.29 is 27.5 Å². The molecule has 0 spiro atoms. The van der Waals surface area contributed by atoms with Crippen molar-refractivity contribution >= 4 is 40.5 Å². The maximum atomic E-state index is 13.3. The van der Waals surface area contributed by atoms with Crippen LogP contribution in [0.1, 0.15) is 34.8 Å². The lowest BCUT2D eigenvalue weighted by atomic mass is 10.1. The molecule has 0 saturated carbocycles. The van der Waals surface area contributed by atoms with Crippen LogP contribution in [0.3, 0.4) is 0 Å². The Labute approximate surface area is 204 Å². The molecule has 1 aliphatic heterocycles. The van der Waals surface area contributed by atoms with Crippen molar-refractivity contribution in [3.05, 3.63) is 82.4 Å². The summed E-state index contributed by atoms with van der Waals surface area (Å²) in [6, 6.07) is 14.2. The number of nitrogens with one attached hydrogen (secondary N) is 3. The van der Waals surface area contributed by atoms with E-state index in [1.807, 2.05) is 0 Å². The number of carbonyl (C=O) groups is 2. The van der Waals surface area contributed by atoms with E-state index >= 15 is 0 Å². The number of rotatable bonds is 5. The van der Waals surface area contributed by atoms with Crippen LogP contribution < -0.4 is 20.7 Å². The summed E-state index contributed by atoms with van der Waals surface area (Å²) in [6.07, 6.45) is -4.41. The van der Waals surface area contributed by atoms with Crippen LogP contribution in [0.2, 0.25) is 5.02 Å². The van der Waals surface area contributed by atoms with E-state index in [1.165, 1.54) is 24.3 Å². The number of amides is 2. The highest BCUT2D eigenvalue weighted by atomic mass is 35.5. The Morgan fingerprint density at radius 1 is 1.06 bits per heavy atom. The molecule has 0 bridgehead atoms. The van der Waals surface area contributed by atoms with E-state index in [9.17, 15) is 22.8 Å². The van der Waals surface area contributed by atoms with Crippen LogP contribution in [0.4, 0.5) is 30.2 Å². The molecule has 3 aromatic carbocycles. The van der Waals surface area contributed by atoms with Gasteiger partial charge >= 0.3 is 6.18 Å². The quantitative estimate of drug-likeness (QED) is 0.373. The lowest BCUT2D eigenvalue weighted by Gasteiger charge is -2.27. The fourth-order valence-corrected chi connectivity index (χ4v) is 3.91. The Balaban J connectivity index is 1.54. The summed E-state index contributed by atoms with van der Waals surface area (Å²) >= 11 is 6.14. The molecule has 1 atom stereocenters. The van der Waals surface area contributed by atoms with Crippen molar-refractivity contribution in [1.29, 1.82) is 0 Å². The first-order valence-corrected chi connectivity index (χ1v) is 11.1. The van der Waals surface area contributed by atoms with Gasteiger partial charge in [0.1, 0.15) is 5.75 Å². The Bertz CT molecular complexity index is 1310. The summed E-state index contributed by atoms with van der Waals surface area (Å²) in [5.41, 5.74) is -1.01. The lowest BCUT2D eigenvalue weighted by Crippen LogP contribution is -2.51. The van der Waals surface area contributed by atoms with Crippen LogP contribution in [-0.2, 0) is 11.0 Å². The van der Waals surface area contributed by atoms with Gasteiger partial charge in [0.25, 0.3) is 17.5 Å². The number of anilines is 3. The van der Waals surface area contributed by atoms with Crippen molar-refractivity contribution in [1.82, 2.24) is 0 Å². The summed E-state index contributed by atoms with van der Waals surface area (Å²) < 4.78 is 45.8. The average Bonchev–Trinajstić information content (AvgIpc) is 3.21. The maximum Gasteiger partial charge on any atom is 0.417 e. The van der Waals surface area contributed by atoms with Gasteiger partial charge in [0.15, 0.2) is 0 Å². The molecule has 2 amide bonds. The first-order chi connectivity index (χ1) is 16.5. The SMILES string of the molecule is CCC1(C(=O)Nc2cccc(Cl)c2C)Nc2ccc(NC(=O)c3ccccc3C(F)(F)F)cc2O1. The highest BCUT2D eigenvalue weighted by Crippen LogP contribution is 2.41. The third-order valence-corrected chi connectivity index (χ3v) is 6.13. The van der Waals surface area contributed by atoms with E-state index in [0.717, 1.165) is 12.1 Å². The Morgan fingerprint density at radius 2 is 1.80 bits per heavy atom. The highest BCUT2D eigenvalue weighted by molar-refractivity contribution is 6.31. The molecule has 182 valence electrons. The molecule has 0 aromatic heterocycles. The van der Waals surface area contributed by atoms with Crippen molar-refractivity contribution in [2.75, 3.05) is 16.0 Å². The molecule has 3 N–H and O–H groups in total. The van der Waals surface area contributed by atoms with Gasteiger partial charge in [-0.3, -0.25) is 9.59 Å². The normalized spacial score (nSPS) is 16.6. The predicted molar refractivity (Wildman–Crippen MR) is 128 cm³/mol. The van der Waals surface area contributed by atoms with E-state index in [-0.39, 0.29) is 17.9 Å². The van der Waals surface area contributed by atoms with Gasteiger partial charge in [-0.2, -0.15) is 13.2 Å². The predicted octanol–water partition coefficient (Wildman–Crippen LogP) is 6.47. The lowest BCUT2D eigenvalue weighted by molar-refractivity contribution is -0.137. The number of alkyl halides is 3. The minimum atomic E-state index is -4.67. The molecular weight excluding hydrogens is 483 g/mol. The summed E-state index contributed by atoms with van der Waals surface area (Å²) in [6.45, 7) is 3.54. The zero-order chi connectivity index (χ0) is 25.4. The minimum Gasteiger partial charge on any atom is -0.456 e. The molecule has 0 saturated heterocycles. The third kappa shape index (κ3) is 4.77. The van der Waals surface area contributed by atoms with E-state index in [4.69, 9.17) is 16.3 Å². The second-order valence-electron chi connectivity index (χ2n) is 7.98. The van der Waals surface area contributed by atoms with Gasteiger partial charge in [0.2, 0.25) is 0 Å². The molecule has 35 heavy (non-hydrogen) atoms. The van der Waals surface area contributed by atoms with E-state index in [2.05, 4.69) is 16.0 Å². The molecule has 6 nitrogen and oxygen atoms in total. The van der Waals surface area contributed by atoms with Gasteiger partial charge in [-0.1, -0.05) is 36.7 Å². The van der Waals surface area contributed by atoms with Crippen molar-refractivity contribution in [2.24, 2.45) is 0 Å². The van der Waals surface area contributed by atoms with Crippen molar-refractivity contribution in [2.45, 2.75) is 32.2 Å². The molecule has 3 aromatic rings. The Kier molecular flexibility index (Phi) is 6.38. The van der Waals surface area contributed by atoms with Crippen LogP contribution in [0.5, 0.6) is 5.75 Å². The summed E-state index contributed by atoms with van der Waals surface area (Å²) in [5.74, 6) is -1.10. The van der Waals surface area contributed by atoms with Gasteiger partial charge in [-0.05, 0) is 48.9 Å².